The maximum atomic E-state index is 12.9. The van der Waals surface area contributed by atoms with E-state index in [2.05, 4.69) is 17.5 Å². The molecule has 2 aliphatic rings. The lowest BCUT2D eigenvalue weighted by atomic mass is 9.93. The number of carbonyl (C=O) groups excluding carboxylic acids is 2. The molecular formula is C22H30N2O5S. The quantitative estimate of drug-likeness (QED) is 0.526. The second-order valence-electron chi connectivity index (χ2n) is 7.82. The van der Waals surface area contributed by atoms with Crippen LogP contribution in [0.1, 0.15) is 49.4 Å². The first-order valence-corrected chi connectivity index (χ1v) is 12.1. The zero-order valence-electron chi connectivity index (χ0n) is 17.4. The third-order valence-corrected chi connectivity index (χ3v) is 7.68. The molecule has 1 atom stereocenters. The van der Waals surface area contributed by atoms with Crippen LogP contribution < -0.4 is 5.32 Å². The summed E-state index contributed by atoms with van der Waals surface area (Å²) in [5.41, 5.74) is 0.319. The molecule has 7 nitrogen and oxygen atoms in total. The number of benzene rings is 1. The van der Waals surface area contributed by atoms with Crippen LogP contribution in [0.2, 0.25) is 0 Å². The third-order valence-electron chi connectivity index (χ3n) is 5.77. The first-order chi connectivity index (χ1) is 14.4. The van der Waals surface area contributed by atoms with Crippen molar-refractivity contribution >= 4 is 21.9 Å². The van der Waals surface area contributed by atoms with Crippen molar-refractivity contribution in [3.8, 4) is 0 Å². The van der Waals surface area contributed by atoms with Crippen LogP contribution in [0.3, 0.4) is 0 Å². The Morgan fingerprint density at radius 2 is 1.80 bits per heavy atom. The molecule has 1 heterocycles. The van der Waals surface area contributed by atoms with Crippen LogP contribution in [0.15, 0.2) is 41.3 Å². The number of carbonyl (C=O) groups is 2. The summed E-state index contributed by atoms with van der Waals surface area (Å²) in [5.74, 6) is -0.100. The summed E-state index contributed by atoms with van der Waals surface area (Å²) >= 11 is 0. The van der Waals surface area contributed by atoms with Crippen molar-refractivity contribution in [2.75, 3.05) is 26.2 Å². The number of esters is 1. The van der Waals surface area contributed by atoms with E-state index in [4.69, 9.17) is 4.74 Å². The van der Waals surface area contributed by atoms with Crippen molar-refractivity contribution in [2.45, 2.75) is 43.9 Å². The number of piperidine rings is 1. The summed E-state index contributed by atoms with van der Waals surface area (Å²) in [6.45, 7) is 3.29. The number of sulfonamides is 1. The Morgan fingerprint density at radius 1 is 1.10 bits per heavy atom. The summed E-state index contributed by atoms with van der Waals surface area (Å²) in [5, 5.41) is 3.05. The number of rotatable bonds is 7. The molecule has 8 heteroatoms. The van der Waals surface area contributed by atoms with E-state index in [0.717, 1.165) is 19.3 Å². The van der Waals surface area contributed by atoms with Gasteiger partial charge in [0.2, 0.25) is 15.9 Å². The molecular weight excluding hydrogens is 404 g/mol. The number of amides is 1. The molecule has 1 unspecified atom stereocenters. The predicted molar refractivity (Wildman–Crippen MR) is 113 cm³/mol. The second kappa shape index (κ2) is 10.2. The molecule has 1 aromatic carbocycles. The van der Waals surface area contributed by atoms with Crippen LogP contribution in [-0.2, 0) is 19.6 Å². The van der Waals surface area contributed by atoms with Crippen molar-refractivity contribution in [3.05, 3.63) is 42.0 Å². The molecule has 0 aromatic heterocycles. The smallest absolute Gasteiger partial charge is 0.338 e. The molecule has 0 saturated carbocycles. The topological polar surface area (TPSA) is 92.8 Å². The van der Waals surface area contributed by atoms with Gasteiger partial charge in [-0.25, -0.2) is 13.2 Å². The Hall–Kier alpha value is -2.19. The van der Waals surface area contributed by atoms with Crippen LogP contribution in [0.25, 0.3) is 0 Å². The van der Waals surface area contributed by atoms with Crippen molar-refractivity contribution in [1.29, 1.82) is 0 Å². The van der Waals surface area contributed by atoms with E-state index < -0.39 is 16.0 Å². The minimum atomic E-state index is -3.65. The lowest BCUT2D eigenvalue weighted by Gasteiger charge is -2.31. The summed E-state index contributed by atoms with van der Waals surface area (Å²) < 4.78 is 32.2. The normalized spacial score (nSPS) is 20.6. The number of nitrogens with zero attached hydrogens (tertiary/aromatic N) is 1. The molecule has 1 saturated heterocycles. The Bertz CT molecular complexity index is 871. The van der Waals surface area contributed by atoms with E-state index in [-0.39, 0.29) is 23.3 Å². The minimum absolute atomic E-state index is 0.0281. The van der Waals surface area contributed by atoms with Gasteiger partial charge in [0.25, 0.3) is 0 Å². The van der Waals surface area contributed by atoms with Gasteiger partial charge in [-0.05, 0) is 69.2 Å². The molecule has 0 bridgehead atoms. The molecule has 1 amide bonds. The molecule has 1 aliphatic carbocycles. The molecule has 1 N–H and O–H groups in total. The number of hydrogen-bond acceptors (Lipinski definition) is 5. The fourth-order valence-electron chi connectivity index (χ4n) is 3.92. The Kier molecular flexibility index (Phi) is 7.66. The molecule has 1 aromatic rings. The highest BCUT2D eigenvalue weighted by atomic mass is 32.2. The van der Waals surface area contributed by atoms with Gasteiger partial charge in [-0.2, -0.15) is 4.31 Å². The summed E-state index contributed by atoms with van der Waals surface area (Å²) in [4.78, 5) is 24.4. The highest BCUT2D eigenvalue weighted by Gasteiger charge is 2.32. The molecule has 164 valence electrons. The summed E-state index contributed by atoms with van der Waals surface area (Å²) in [6, 6.07) is 5.79. The molecule has 3 rings (SSSR count). The van der Waals surface area contributed by atoms with Gasteiger partial charge in [-0.3, -0.25) is 4.79 Å². The Labute approximate surface area is 178 Å². The largest absolute Gasteiger partial charge is 0.462 e. The van der Waals surface area contributed by atoms with Gasteiger partial charge < -0.3 is 10.1 Å². The van der Waals surface area contributed by atoms with Crippen LogP contribution in [0.4, 0.5) is 0 Å². The van der Waals surface area contributed by atoms with Gasteiger partial charge in [-0.15, -0.1) is 0 Å². The van der Waals surface area contributed by atoms with E-state index in [1.807, 2.05) is 0 Å². The zero-order valence-corrected chi connectivity index (χ0v) is 18.2. The number of ether oxygens (including phenoxy) is 1. The lowest BCUT2D eigenvalue weighted by molar-refractivity contribution is -0.126. The summed E-state index contributed by atoms with van der Waals surface area (Å²) in [6.07, 6.45) is 8.54. The highest BCUT2D eigenvalue weighted by molar-refractivity contribution is 7.89. The first kappa shape index (κ1) is 22.5. The van der Waals surface area contributed by atoms with Crippen molar-refractivity contribution in [2.24, 2.45) is 11.8 Å². The van der Waals surface area contributed by atoms with E-state index in [1.165, 1.54) is 28.6 Å². The van der Waals surface area contributed by atoms with Gasteiger partial charge in [0.05, 0.1) is 17.1 Å². The average Bonchev–Trinajstić information content (AvgIpc) is 2.78. The van der Waals surface area contributed by atoms with Gasteiger partial charge in [0, 0.05) is 25.6 Å². The monoisotopic (exact) mass is 434 g/mol. The lowest BCUT2D eigenvalue weighted by Crippen LogP contribution is -2.43. The predicted octanol–water partition coefficient (Wildman–Crippen LogP) is 2.74. The van der Waals surface area contributed by atoms with Crippen LogP contribution in [-0.4, -0.2) is 50.8 Å². The molecule has 0 radical (unpaired) electrons. The van der Waals surface area contributed by atoms with Gasteiger partial charge in [0.1, 0.15) is 0 Å². The minimum Gasteiger partial charge on any atom is -0.462 e. The van der Waals surface area contributed by atoms with Crippen molar-refractivity contribution < 1.29 is 22.7 Å². The maximum Gasteiger partial charge on any atom is 0.338 e. The van der Waals surface area contributed by atoms with Gasteiger partial charge in [-0.1, -0.05) is 12.2 Å². The van der Waals surface area contributed by atoms with E-state index in [9.17, 15) is 18.0 Å². The number of nitrogens with one attached hydrogen (secondary N) is 1. The van der Waals surface area contributed by atoms with Gasteiger partial charge >= 0.3 is 5.97 Å². The fraction of sp³-hybridized carbons (Fsp3) is 0.545. The Balaban J connectivity index is 1.52. The van der Waals surface area contributed by atoms with Crippen LogP contribution in [0, 0.1) is 11.8 Å². The fourth-order valence-corrected chi connectivity index (χ4v) is 5.39. The first-order valence-electron chi connectivity index (χ1n) is 10.6. The SMILES string of the molecule is CCOC(=O)c1ccc(S(=O)(=O)N2CCC(C(=O)NCC3CC=CCC3)CC2)cc1. The Morgan fingerprint density at radius 3 is 2.40 bits per heavy atom. The third kappa shape index (κ3) is 5.49. The highest BCUT2D eigenvalue weighted by Crippen LogP contribution is 2.25. The molecule has 1 aliphatic heterocycles. The van der Waals surface area contributed by atoms with Crippen LogP contribution in [0.5, 0.6) is 0 Å². The standard InChI is InChI=1S/C22H30N2O5S/c1-2-29-22(26)19-8-10-20(11-9-19)30(27,28)24-14-12-18(13-15-24)21(25)23-16-17-6-4-3-5-7-17/h3-4,8-11,17-18H,2,5-7,12-16H2,1H3,(H,23,25). The molecule has 30 heavy (non-hydrogen) atoms. The number of hydrogen-bond donors (Lipinski definition) is 1. The zero-order chi connectivity index (χ0) is 21.6. The second-order valence-corrected chi connectivity index (χ2v) is 9.76. The molecule has 0 spiro atoms. The van der Waals surface area contributed by atoms with E-state index >= 15 is 0 Å². The average molecular weight is 435 g/mol. The number of allylic oxidation sites excluding steroid dienone is 2. The summed E-state index contributed by atoms with van der Waals surface area (Å²) in [7, 11) is -3.65. The van der Waals surface area contributed by atoms with Crippen molar-refractivity contribution in [3.63, 3.8) is 0 Å². The van der Waals surface area contributed by atoms with E-state index in [0.29, 0.717) is 44.0 Å². The van der Waals surface area contributed by atoms with Gasteiger partial charge in [0.15, 0.2) is 0 Å². The van der Waals surface area contributed by atoms with E-state index in [1.54, 1.807) is 6.92 Å². The van der Waals surface area contributed by atoms with Crippen LogP contribution >= 0.6 is 0 Å². The maximum absolute atomic E-state index is 12.9. The molecule has 1 fully saturated rings. The van der Waals surface area contributed by atoms with Crippen molar-refractivity contribution in [1.82, 2.24) is 9.62 Å².